The van der Waals surface area contributed by atoms with E-state index < -0.39 is 0 Å². The van der Waals surface area contributed by atoms with Gasteiger partial charge in [0.15, 0.2) is 0 Å². The van der Waals surface area contributed by atoms with Gasteiger partial charge in [-0.05, 0) is 36.6 Å². The van der Waals surface area contributed by atoms with Crippen LogP contribution in [-0.2, 0) is 16.1 Å². The molecule has 0 radical (unpaired) electrons. The van der Waals surface area contributed by atoms with E-state index >= 15 is 0 Å². The minimum Gasteiger partial charge on any atom is -0.472 e. The highest BCUT2D eigenvalue weighted by Gasteiger charge is 2.24. The molecule has 3 heterocycles. The highest BCUT2D eigenvalue weighted by molar-refractivity contribution is 5.94. The maximum Gasteiger partial charge on any atom is 0.257 e. The number of ether oxygens (including phenoxy) is 1. The summed E-state index contributed by atoms with van der Waals surface area (Å²) in [4.78, 5) is 30.4. The van der Waals surface area contributed by atoms with Gasteiger partial charge in [0, 0.05) is 45.1 Å². The Hall–Kier alpha value is -2.67. The Morgan fingerprint density at radius 2 is 2.12 bits per heavy atom. The highest BCUT2D eigenvalue weighted by atomic mass is 16.5. The van der Waals surface area contributed by atoms with E-state index in [9.17, 15) is 9.59 Å². The second kappa shape index (κ2) is 9.15. The van der Waals surface area contributed by atoms with E-state index in [1.165, 1.54) is 12.5 Å². The molecule has 2 amide bonds. The fourth-order valence-corrected chi connectivity index (χ4v) is 2.90. The summed E-state index contributed by atoms with van der Waals surface area (Å²) in [5, 5.41) is 2.87. The van der Waals surface area contributed by atoms with E-state index in [4.69, 9.17) is 9.15 Å². The minimum atomic E-state index is -0.142. The Labute approximate surface area is 152 Å². The number of amides is 2. The Bertz CT molecular complexity index is 697. The minimum absolute atomic E-state index is 0.0331. The summed E-state index contributed by atoms with van der Waals surface area (Å²) < 4.78 is 10.6. The van der Waals surface area contributed by atoms with Gasteiger partial charge in [0.25, 0.3) is 5.91 Å². The fraction of sp³-hybridized carbons (Fsp3) is 0.421. The van der Waals surface area contributed by atoms with Crippen molar-refractivity contribution in [2.45, 2.75) is 31.9 Å². The van der Waals surface area contributed by atoms with Gasteiger partial charge in [0.2, 0.25) is 5.91 Å². The van der Waals surface area contributed by atoms with Crippen LogP contribution in [0.2, 0.25) is 0 Å². The number of pyridine rings is 1. The lowest BCUT2D eigenvalue weighted by molar-refractivity contribution is -0.121. The van der Waals surface area contributed by atoms with Gasteiger partial charge < -0.3 is 19.4 Å². The van der Waals surface area contributed by atoms with Crippen molar-refractivity contribution in [1.29, 1.82) is 0 Å². The molecule has 0 spiro atoms. The summed E-state index contributed by atoms with van der Waals surface area (Å²) in [5.41, 5.74) is 1.47. The smallest absolute Gasteiger partial charge is 0.257 e. The van der Waals surface area contributed by atoms with Crippen molar-refractivity contribution in [3.63, 3.8) is 0 Å². The summed E-state index contributed by atoms with van der Waals surface area (Å²) in [6.07, 6.45) is 8.48. The van der Waals surface area contributed by atoms with Crippen LogP contribution in [0.4, 0.5) is 0 Å². The molecule has 0 saturated carbocycles. The van der Waals surface area contributed by atoms with Crippen molar-refractivity contribution in [2.75, 3.05) is 19.7 Å². The molecule has 0 aliphatic carbocycles. The van der Waals surface area contributed by atoms with E-state index in [0.717, 1.165) is 25.0 Å². The summed E-state index contributed by atoms with van der Waals surface area (Å²) in [5.74, 6) is -0.240. The molecule has 1 aliphatic rings. The van der Waals surface area contributed by atoms with Crippen LogP contribution in [-0.4, -0.2) is 47.5 Å². The first-order valence-electron chi connectivity index (χ1n) is 8.81. The normalized spacial score (nSPS) is 16.4. The summed E-state index contributed by atoms with van der Waals surface area (Å²) in [6.45, 7) is 2.00. The number of nitrogens with zero attached hydrogens (tertiary/aromatic N) is 2. The third-order valence-electron chi connectivity index (χ3n) is 4.35. The maximum absolute atomic E-state index is 12.7. The van der Waals surface area contributed by atoms with Gasteiger partial charge in [-0.15, -0.1) is 0 Å². The van der Waals surface area contributed by atoms with Crippen LogP contribution >= 0.6 is 0 Å². The average Bonchev–Trinajstić information content (AvgIpc) is 3.37. The SMILES string of the molecule is O=C(CCN(C[C@H]1CCCO1)C(=O)c1ccoc1)NCc1ccncc1. The lowest BCUT2D eigenvalue weighted by Crippen LogP contribution is -2.39. The van der Waals surface area contributed by atoms with Crippen LogP contribution in [0.1, 0.15) is 35.2 Å². The number of rotatable bonds is 8. The van der Waals surface area contributed by atoms with E-state index in [2.05, 4.69) is 10.3 Å². The first-order chi connectivity index (χ1) is 12.7. The standard InChI is InChI=1S/C19H23N3O4/c23-18(21-12-15-3-7-20-8-4-15)5-9-22(13-17-2-1-10-26-17)19(24)16-6-11-25-14-16/h3-4,6-8,11,14,17H,1-2,5,9-10,12-13H2,(H,21,23)/t17-/m1/s1. The van der Waals surface area contributed by atoms with Crippen LogP contribution in [0.3, 0.4) is 0 Å². The van der Waals surface area contributed by atoms with Crippen LogP contribution in [0.25, 0.3) is 0 Å². The molecule has 1 aliphatic heterocycles. The van der Waals surface area contributed by atoms with Crippen LogP contribution in [0.5, 0.6) is 0 Å². The number of hydrogen-bond acceptors (Lipinski definition) is 5. The topological polar surface area (TPSA) is 84.7 Å². The molecule has 1 saturated heterocycles. The Morgan fingerprint density at radius 3 is 2.81 bits per heavy atom. The van der Waals surface area contributed by atoms with Gasteiger partial charge in [-0.25, -0.2) is 0 Å². The van der Waals surface area contributed by atoms with Crippen LogP contribution in [0, 0.1) is 0 Å². The molecule has 7 nitrogen and oxygen atoms in total. The largest absolute Gasteiger partial charge is 0.472 e. The molecule has 0 bridgehead atoms. The monoisotopic (exact) mass is 357 g/mol. The molecule has 0 aromatic carbocycles. The lowest BCUT2D eigenvalue weighted by atomic mass is 10.2. The van der Waals surface area contributed by atoms with Gasteiger partial charge >= 0.3 is 0 Å². The fourth-order valence-electron chi connectivity index (χ4n) is 2.90. The van der Waals surface area contributed by atoms with Gasteiger partial charge in [-0.3, -0.25) is 14.6 Å². The molecular formula is C19H23N3O4. The Morgan fingerprint density at radius 1 is 1.27 bits per heavy atom. The van der Waals surface area contributed by atoms with E-state index in [-0.39, 0.29) is 24.3 Å². The molecule has 1 atom stereocenters. The Kier molecular flexibility index (Phi) is 6.38. The number of furan rings is 1. The molecule has 3 rings (SSSR count). The third-order valence-corrected chi connectivity index (χ3v) is 4.35. The van der Waals surface area contributed by atoms with Crippen LogP contribution in [0.15, 0.2) is 47.5 Å². The van der Waals surface area contributed by atoms with E-state index in [1.807, 2.05) is 12.1 Å². The molecule has 7 heteroatoms. The Balaban J connectivity index is 1.52. The number of carbonyl (C=O) groups excluding carboxylic acids is 2. The number of aromatic nitrogens is 1. The summed E-state index contributed by atoms with van der Waals surface area (Å²) >= 11 is 0. The molecule has 2 aromatic rings. The zero-order valence-electron chi connectivity index (χ0n) is 14.6. The predicted molar refractivity (Wildman–Crippen MR) is 94.3 cm³/mol. The van der Waals surface area contributed by atoms with Gasteiger partial charge in [-0.2, -0.15) is 0 Å². The molecular weight excluding hydrogens is 334 g/mol. The van der Waals surface area contributed by atoms with Crippen LogP contribution < -0.4 is 5.32 Å². The van der Waals surface area contributed by atoms with Crippen molar-refractivity contribution in [3.8, 4) is 0 Å². The predicted octanol–water partition coefficient (Wildman–Crippen LogP) is 2.00. The average molecular weight is 357 g/mol. The number of carbonyl (C=O) groups is 2. The van der Waals surface area contributed by atoms with E-state index in [0.29, 0.717) is 25.2 Å². The first-order valence-corrected chi connectivity index (χ1v) is 8.81. The lowest BCUT2D eigenvalue weighted by Gasteiger charge is -2.25. The molecule has 26 heavy (non-hydrogen) atoms. The summed E-state index contributed by atoms with van der Waals surface area (Å²) in [6, 6.07) is 5.34. The number of nitrogens with one attached hydrogen (secondary N) is 1. The quantitative estimate of drug-likeness (QED) is 0.781. The van der Waals surface area contributed by atoms with E-state index in [1.54, 1.807) is 23.4 Å². The molecule has 1 fully saturated rings. The molecule has 138 valence electrons. The van der Waals surface area contributed by atoms with Crippen molar-refractivity contribution < 1.29 is 18.7 Å². The second-order valence-electron chi connectivity index (χ2n) is 6.28. The van der Waals surface area contributed by atoms with Gasteiger partial charge in [0.05, 0.1) is 17.9 Å². The van der Waals surface area contributed by atoms with Gasteiger partial charge in [-0.1, -0.05) is 0 Å². The van der Waals surface area contributed by atoms with Gasteiger partial charge in [0.1, 0.15) is 6.26 Å². The molecule has 1 N–H and O–H groups in total. The zero-order valence-corrected chi connectivity index (χ0v) is 14.6. The van der Waals surface area contributed by atoms with Crippen molar-refractivity contribution >= 4 is 11.8 Å². The first kappa shape index (κ1) is 18.1. The second-order valence-corrected chi connectivity index (χ2v) is 6.28. The van der Waals surface area contributed by atoms with Crippen molar-refractivity contribution in [3.05, 3.63) is 54.2 Å². The molecule has 2 aromatic heterocycles. The maximum atomic E-state index is 12.7. The number of hydrogen-bond donors (Lipinski definition) is 1. The van der Waals surface area contributed by atoms with Crippen molar-refractivity contribution in [1.82, 2.24) is 15.2 Å². The third kappa shape index (κ3) is 5.16. The zero-order chi connectivity index (χ0) is 18.2. The summed E-state index contributed by atoms with van der Waals surface area (Å²) in [7, 11) is 0. The van der Waals surface area contributed by atoms with Crippen molar-refractivity contribution in [2.24, 2.45) is 0 Å². The molecule has 0 unspecified atom stereocenters. The highest BCUT2D eigenvalue weighted by Crippen LogP contribution is 2.15.